The van der Waals surface area contributed by atoms with Crippen LogP contribution in [0.5, 0.6) is 0 Å². The molecule has 24 heavy (non-hydrogen) atoms. The van der Waals surface area contributed by atoms with Crippen LogP contribution in [0.1, 0.15) is 28.8 Å². The molecule has 0 unspecified atom stereocenters. The van der Waals surface area contributed by atoms with Crippen LogP contribution in [0.4, 0.5) is 0 Å². The van der Waals surface area contributed by atoms with Crippen molar-refractivity contribution in [2.75, 3.05) is 6.61 Å². The number of H-pyrrole nitrogens is 1. The van der Waals surface area contributed by atoms with Crippen LogP contribution < -0.4 is 5.32 Å². The second-order valence-corrected chi connectivity index (χ2v) is 6.43. The molecule has 4 heterocycles. The van der Waals surface area contributed by atoms with Gasteiger partial charge in [-0.2, -0.15) is 0 Å². The van der Waals surface area contributed by atoms with E-state index < -0.39 is 0 Å². The molecule has 0 saturated heterocycles. The van der Waals surface area contributed by atoms with Gasteiger partial charge in [0, 0.05) is 4.88 Å². The van der Waals surface area contributed by atoms with Crippen LogP contribution in [0.2, 0.25) is 0 Å². The summed E-state index contributed by atoms with van der Waals surface area (Å²) in [5, 5.41) is 11.8. The number of aromatic amines is 1. The fraction of sp³-hybridized carbons (Fsp3) is 0.312. The molecule has 0 aromatic carbocycles. The number of ether oxygens (including phenoxy) is 1. The molecule has 3 aromatic rings. The Morgan fingerprint density at radius 3 is 3.29 bits per heavy atom. The molecular weight excluding hydrogens is 328 g/mol. The lowest BCUT2D eigenvalue weighted by molar-refractivity contribution is -0.124. The lowest BCUT2D eigenvalue weighted by atomic mass is 10.1. The minimum Gasteiger partial charge on any atom is -0.461 e. The number of carbonyl (C=O) groups excluding carboxylic acids is 1. The molecule has 0 saturated carbocycles. The summed E-state index contributed by atoms with van der Waals surface area (Å²) in [6.07, 6.45) is 2.65. The number of hydrogen-bond donors (Lipinski definition) is 2. The van der Waals surface area contributed by atoms with Crippen molar-refractivity contribution in [3.63, 3.8) is 0 Å². The summed E-state index contributed by atoms with van der Waals surface area (Å²) in [6, 6.07) is 5.67. The van der Waals surface area contributed by atoms with E-state index in [0.29, 0.717) is 30.4 Å². The van der Waals surface area contributed by atoms with Crippen molar-refractivity contribution >= 4 is 17.2 Å². The maximum atomic E-state index is 12.2. The second-order valence-electron chi connectivity index (χ2n) is 5.48. The summed E-state index contributed by atoms with van der Waals surface area (Å²) in [7, 11) is 0. The largest absolute Gasteiger partial charge is 0.461 e. The molecule has 3 aromatic heterocycles. The van der Waals surface area contributed by atoms with Gasteiger partial charge in [-0.3, -0.25) is 9.89 Å². The molecule has 0 radical (unpaired) electrons. The molecule has 7 nitrogen and oxygen atoms in total. The van der Waals surface area contributed by atoms with Gasteiger partial charge in [0.1, 0.15) is 11.9 Å². The van der Waals surface area contributed by atoms with E-state index in [9.17, 15) is 4.79 Å². The van der Waals surface area contributed by atoms with E-state index in [1.807, 2.05) is 0 Å². The van der Waals surface area contributed by atoms with Crippen LogP contribution in [0.3, 0.4) is 0 Å². The number of carbonyl (C=O) groups is 1. The summed E-state index contributed by atoms with van der Waals surface area (Å²) in [6.45, 7) is 0.951. The highest BCUT2D eigenvalue weighted by molar-refractivity contribution is 7.10. The van der Waals surface area contributed by atoms with Gasteiger partial charge in [0.25, 0.3) is 0 Å². The quantitative estimate of drug-likeness (QED) is 0.741. The van der Waals surface area contributed by atoms with Gasteiger partial charge < -0.3 is 14.5 Å². The normalized spacial score (nSPS) is 16.8. The van der Waals surface area contributed by atoms with E-state index in [-0.39, 0.29) is 18.6 Å². The van der Waals surface area contributed by atoms with E-state index >= 15 is 0 Å². The first-order valence-corrected chi connectivity index (χ1v) is 8.57. The first kappa shape index (κ1) is 15.1. The highest BCUT2D eigenvalue weighted by Crippen LogP contribution is 2.33. The predicted molar refractivity (Wildman–Crippen MR) is 87.3 cm³/mol. The molecule has 1 aliphatic heterocycles. The van der Waals surface area contributed by atoms with Crippen LogP contribution in [-0.4, -0.2) is 27.7 Å². The third-order valence-electron chi connectivity index (χ3n) is 3.86. The van der Waals surface area contributed by atoms with E-state index in [1.54, 1.807) is 29.7 Å². The van der Waals surface area contributed by atoms with E-state index in [0.717, 1.165) is 11.3 Å². The fourth-order valence-electron chi connectivity index (χ4n) is 2.69. The molecular formula is C16H16N4O3S. The Kier molecular flexibility index (Phi) is 4.14. The van der Waals surface area contributed by atoms with Crippen molar-refractivity contribution in [1.29, 1.82) is 0 Å². The average molecular weight is 344 g/mol. The molecule has 1 atom stereocenters. The lowest BCUT2D eigenvalue weighted by Crippen LogP contribution is -2.27. The van der Waals surface area contributed by atoms with Crippen molar-refractivity contribution in [2.24, 2.45) is 0 Å². The molecule has 4 rings (SSSR count). The Bertz CT molecular complexity index is 824. The second kappa shape index (κ2) is 6.58. The highest BCUT2D eigenvalue weighted by atomic mass is 32.1. The van der Waals surface area contributed by atoms with Gasteiger partial charge in [-0.05, 0) is 35.6 Å². The lowest BCUT2D eigenvalue weighted by Gasteiger charge is -2.22. The monoisotopic (exact) mass is 344 g/mol. The van der Waals surface area contributed by atoms with Crippen LogP contribution in [0.15, 0.2) is 34.3 Å². The molecule has 1 aliphatic rings. The predicted octanol–water partition coefficient (Wildman–Crippen LogP) is 2.45. The Morgan fingerprint density at radius 2 is 2.42 bits per heavy atom. The molecule has 0 aliphatic carbocycles. The minimum absolute atomic E-state index is 0.0720. The average Bonchev–Trinajstić information content (AvgIpc) is 3.32. The Morgan fingerprint density at radius 1 is 1.46 bits per heavy atom. The Hall–Kier alpha value is -2.45. The van der Waals surface area contributed by atoms with E-state index in [1.165, 1.54) is 5.56 Å². The zero-order chi connectivity index (χ0) is 16.4. The third-order valence-corrected chi connectivity index (χ3v) is 4.91. The topological polar surface area (TPSA) is 93.0 Å². The van der Waals surface area contributed by atoms with Gasteiger partial charge >= 0.3 is 0 Å². The number of hydrogen-bond acceptors (Lipinski definition) is 6. The van der Waals surface area contributed by atoms with Crippen molar-refractivity contribution in [3.8, 4) is 11.6 Å². The summed E-state index contributed by atoms with van der Waals surface area (Å²) < 4.78 is 11.0. The van der Waals surface area contributed by atoms with Crippen LogP contribution in [-0.2, 0) is 22.5 Å². The number of nitrogens with one attached hydrogen (secondary N) is 2. The summed E-state index contributed by atoms with van der Waals surface area (Å²) >= 11 is 1.65. The van der Waals surface area contributed by atoms with Crippen molar-refractivity contribution in [3.05, 3.63) is 46.1 Å². The number of nitrogens with zero attached hydrogens (tertiary/aromatic N) is 2. The number of fused-ring (bicyclic) bond motifs is 1. The zero-order valence-electron chi connectivity index (χ0n) is 12.8. The van der Waals surface area contributed by atoms with Gasteiger partial charge in [-0.25, -0.2) is 4.98 Å². The van der Waals surface area contributed by atoms with Crippen LogP contribution in [0.25, 0.3) is 11.6 Å². The molecule has 0 spiro atoms. The van der Waals surface area contributed by atoms with Gasteiger partial charge in [-0.1, -0.05) is 0 Å². The molecule has 124 valence electrons. The maximum Gasteiger partial charge on any atom is 0.223 e. The van der Waals surface area contributed by atoms with E-state index in [4.69, 9.17) is 9.15 Å². The van der Waals surface area contributed by atoms with Gasteiger partial charge in [0.2, 0.25) is 11.7 Å². The first-order valence-electron chi connectivity index (χ1n) is 7.69. The molecule has 1 amide bonds. The SMILES string of the molecule is O=C(C[C@@H]1OCCc2ccsc21)NCc1nc(-c2ccco2)n[nH]1. The minimum atomic E-state index is -0.151. The van der Waals surface area contributed by atoms with Crippen LogP contribution in [0, 0.1) is 0 Å². The van der Waals surface area contributed by atoms with Crippen molar-refractivity contribution in [2.45, 2.75) is 25.5 Å². The number of rotatable bonds is 5. The van der Waals surface area contributed by atoms with Crippen LogP contribution >= 0.6 is 11.3 Å². The molecule has 0 bridgehead atoms. The summed E-state index contributed by atoms with van der Waals surface area (Å²) in [5.74, 6) is 1.57. The van der Waals surface area contributed by atoms with Gasteiger partial charge in [0.15, 0.2) is 5.76 Å². The molecule has 0 fully saturated rings. The number of furan rings is 1. The Balaban J connectivity index is 1.33. The third kappa shape index (κ3) is 3.10. The number of amides is 1. The number of aromatic nitrogens is 3. The first-order chi connectivity index (χ1) is 11.8. The van der Waals surface area contributed by atoms with Gasteiger partial charge in [-0.15, -0.1) is 16.4 Å². The Labute approximate surface area is 142 Å². The standard InChI is InChI=1S/C16H16N4O3S/c21-14(8-12-15-10(3-6-23-12)4-7-24-15)17-9-13-18-16(20-19-13)11-2-1-5-22-11/h1-2,4-5,7,12H,3,6,8-9H2,(H,17,21)(H,18,19,20)/t12-/m0/s1. The van der Waals surface area contributed by atoms with Crippen molar-refractivity contribution in [1.82, 2.24) is 20.5 Å². The fourth-order valence-corrected chi connectivity index (χ4v) is 3.69. The van der Waals surface area contributed by atoms with Gasteiger partial charge in [0.05, 0.1) is 25.8 Å². The summed E-state index contributed by atoms with van der Waals surface area (Å²) in [4.78, 5) is 17.6. The highest BCUT2D eigenvalue weighted by Gasteiger charge is 2.24. The summed E-state index contributed by atoms with van der Waals surface area (Å²) in [5.41, 5.74) is 1.29. The number of thiophene rings is 1. The molecule has 8 heteroatoms. The maximum absolute atomic E-state index is 12.2. The molecule has 2 N–H and O–H groups in total. The zero-order valence-corrected chi connectivity index (χ0v) is 13.6. The van der Waals surface area contributed by atoms with E-state index in [2.05, 4.69) is 31.9 Å². The van der Waals surface area contributed by atoms with Crippen molar-refractivity contribution < 1.29 is 13.9 Å². The smallest absolute Gasteiger partial charge is 0.223 e.